The molecule has 0 aliphatic carbocycles. The van der Waals surface area contributed by atoms with Crippen LogP contribution in [0.15, 0.2) is 23.4 Å². The highest BCUT2D eigenvalue weighted by atomic mass is 19.1. The van der Waals surface area contributed by atoms with E-state index in [9.17, 15) is 9.18 Å². The summed E-state index contributed by atoms with van der Waals surface area (Å²) in [6, 6.07) is 4.52. The van der Waals surface area contributed by atoms with Gasteiger partial charge in [-0.3, -0.25) is 4.79 Å². The third-order valence-corrected chi connectivity index (χ3v) is 2.84. The largest absolute Gasteiger partial charge is 0.409 e. The number of amidine groups is 1. The van der Waals surface area contributed by atoms with E-state index in [0.29, 0.717) is 18.4 Å². The minimum atomic E-state index is -0.769. The summed E-state index contributed by atoms with van der Waals surface area (Å²) in [5, 5.41) is 14.0. The van der Waals surface area contributed by atoms with Gasteiger partial charge in [-0.1, -0.05) is 30.6 Å². The lowest BCUT2D eigenvalue weighted by Crippen LogP contribution is -2.35. The molecule has 1 atom stereocenters. The molecule has 0 saturated heterocycles. The van der Waals surface area contributed by atoms with Gasteiger partial charge in [0.25, 0.3) is 0 Å². The van der Waals surface area contributed by atoms with Gasteiger partial charge in [-0.05, 0) is 25.0 Å². The zero-order valence-corrected chi connectivity index (χ0v) is 11.0. The summed E-state index contributed by atoms with van der Waals surface area (Å²) in [6.07, 6.45) is 1.11. The van der Waals surface area contributed by atoms with Gasteiger partial charge >= 0.3 is 0 Å². The number of carbonyl (C=O) groups is 1. The predicted octanol–water partition coefficient (Wildman–Crippen LogP) is 2.24. The van der Waals surface area contributed by atoms with E-state index in [1.54, 1.807) is 19.1 Å². The van der Waals surface area contributed by atoms with Crippen molar-refractivity contribution in [2.45, 2.75) is 26.7 Å². The number of benzene rings is 1. The molecule has 104 valence electrons. The Labute approximate surface area is 111 Å². The molecule has 0 aromatic heterocycles. The first-order valence-corrected chi connectivity index (χ1v) is 6.04. The molecule has 0 fully saturated rings. The van der Waals surface area contributed by atoms with Gasteiger partial charge in [0.15, 0.2) is 5.84 Å². The van der Waals surface area contributed by atoms with Gasteiger partial charge < -0.3 is 16.3 Å². The van der Waals surface area contributed by atoms with E-state index >= 15 is 0 Å². The molecule has 0 spiro atoms. The molecule has 1 rings (SSSR count). The third-order valence-electron chi connectivity index (χ3n) is 2.84. The number of halogens is 1. The SMILES string of the molecule is CCCC(C(=O)Nc1c(C)cccc1F)/C(N)=N/O. The van der Waals surface area contributed by atoms with Gasteiger partial charge in [0.05, 0.1) is 11.6 Å². The van der Waals surface area contributed by atoms with Crippen molar-refractivity contribution in [3.8, 4) is 0 Å². The van der Waals surface area contributed by atoms with Crippen LogP contribution in [0.5, 0.6) is 0 Å². The molecular formula is C13H18FN3O2. The van der Waals surface area contributed by atoms with Crippen molar-refractivity contribution in [2.75, 3.05) is 5.32 Å². The Morgan fingerprint density at radius 1 is 1.58 bits per heavy atom. The first-order valence-electron chi connectivity index (χ1n) is 6.04. The van der Waals surface area contributed by atoms with E-state index in [-0.39, 0.29) is 11.5 Å². The van der Waals surface area contributed by atoms with Crippen LogP contribution >= 0.6 is 0 Å². The molecule has 0 aliphatic heterocycles. The summed E-state index contributed by atoms with van der Waals surface area (Å²) in [7, 11) is 0. The number of carbonyl (C=O) groups excluding carboxylic acids is 1. The Bertz CT molecular complexity index is 469. The van der Waals surface area contributed by atoms with Crippen molar-refractivity contribution in [1.82, 2.24) is 0 Å². The molecule has 0 heterocycles. The predicted molar refractivity (Wildman–Crippen MR) is 71.6 cm³/mol. The topological polar surface area (TPSA) is 87.7 Å². The van der Waals surface area contributed by atoms with Crippen LogP contribution in [0.25, 0.3) is 0 Å². The highest BCUT2D eigenvalue weighted by Crippen LogP contribution is 2.20. The van der Waals surface area contributed by atoms with Crippen LogP contribution in [0, 0.1) is 18.7 Å². The van der Waals surface area contributed by atoms with E-state index in [2.05, 4.69) is 10.5 Å². The van der Waals surface area contributed by atoms with Gasteiger partial charge in [-0.15, -0.1) is 0 Å². The zero-order valence-electron chi connectivity index (χ0n) is 11.0. The number of hydrogen-bond acceptors (Lipinski definition) is 3. The molecular weight excluding hydrogens is 249 g/mol. The number of nitrogens with zero attached hydrogens (tertiary/aromatic N) is 1. The normalized spacial score (nSPS) is 13.1. The minimum absolute atomic E-state index is 0.124. The lowest BCUT2D eigenvalue weighted by molar-refractivity contribution is -0.118. The quantitative estimate of drug-likeness (QED) is 0.331. The summed E-state index contributed by atoms with van der Waals surface area (Å²) in [6.45, 7) is 3.57. The van der Waals surface area contributed by atoms with Crippen LogP contribution in [0.1, 0.15) is 25.3 Å². The number of nitrogens with two attached hydrogens (primary N) is 1. The summed E-state index contributed by atoms with van der Waals surface area (Å²) in [4.78, 5) is 12.1. The molecule has 1 unspecified atom stereocenters. The average Bonchev–Trinajstić information content (AvgIpc) is 2.39. The summed E-state index contributed by atoms with van der Waals surface area (Å²) < 4.78 is 13.6. The van der Waals surface area contributed by atoms with Gasteiger partial charge in [-0.2, -0.15) is 0 Å². The van der Waals surface area contributed by atoms with Crippen molar-refractivity contribution >= 4 is 17.4 Å². The Balaban J connectivity index is 2.94. The maximum absolute atomic E-state index is 13.6. The first kappa shape index (κ1) is 14.9. The molecule has 0 bridgehead atoms. The fraction of sp³-hybridized carbons (Fsp3) is 0.385. The number of aryl methyl sites for hydroxylation is 1. The molecule has 0 radical (unpaired) electrons. The Morgan fingerprint density at radius 3 is 2.79 bits per heavy atom. The highest BCUT2D eigenvalue weighted by Gasteiger charge is 2.23. The number of rotatable bonds is 5. The standard InChI is InChI=1S/C13H18FN3O2/c1-3-5-9(12(15)17-19)13(18)16-11-8(2)6-4-7-10(11)14/h4,6-7,9,19H,3,5H2,1-2H3,(H2,15,17)(H,16,18). The van der Waals surface area contributed by atoms with Gasteiger partial charge in [0.2, 0.25) is 5.91 Å². The van der Waals surface area contributed by atoms with E-state index in [0.717, 1.165) is 0 Å². The van der Waals surface area contributed by atoms with Gasteiger partial charge in [0.1, 0.15) is 5.82 Å². The molecule has 0 saturated carbocycles. The second kappa shape index (κ2) is 6.72. The number of oxime groups is 1. The van der Waals surface area contributed by atoms with Crippen molar-refractivity contribution < 1.29 is 14.4 Å². The number of nitrogens with one attached hydrogen (secondary N) is 1. The monoisotopic (exact) mass is 267 g/mol. The number of anilines is 1. The number of para-hydroxylation sites is 1. The molecule has 1 aromatic carbocycles. The summed E-state index contributed by atoms with van der Waals surface area (Å²) in [5.41, 5.74) is 6.22. The van der Waals surface area contributed by atoms with Crippen LogP contribution in [0.3, 0.4) is 0 Å². The van der Waals surface area contributed by atoms with E-state index < -0.39 is 17.6 Å². The number of hydrogen-bond donors (Lipinski definition) is 3. The summed E-state index contributed by atoms with van der Waals surface area (Å²) in [5.74, 6) is -1.93. The van der Waals surface area contributed by atoms with Crippen molar-refractivity contribution in [1.29, 1.82) is 0 Å². The van der Waals surface area contributed by atoms with Crippen molar-refractivity contribution in [2.24, 2.45) is 16.8 Å². The second-order valence-electron chi connectivity index (χ2n) is 4.29. The maximum Gasteiger partial charge on any atom is 0.235 e. The zero-order chi connectivity index (χ0) is 14.4. The lowest BCUT2D eigenvalue weighted by Gasteiger charge is -2.16. The fourth-order valence-electron chi connectivity index (χ4n) is 1.77. The Hall–Kier alpha value is -2.11. The van der Waals surface area contributed by atoms with E-state index in [1.807, 2.05) is 6.92 Å². The molecule has 1 aromatic rings. The van der Waals surface area contributed by atoms with Crippen molar-refractivity contribution in [3.63, 3.8) is 0 Å². The Kier molecular flexibility index (Phi) is 5.29. The fourth-order valence-corrected chi connectivity index (χ4v) is 1.77. The average molecular weight is 267 g/mol. The van der Waals surface area contributed by atoms with E-state index in [1.165, 1.54) is 6.07 Å². The van der Waals surface area contributed by atoms with Crippen LogP contribution in [-0.4, -0.2) is 17.0 Å². The second-order valence-corrected chi connectivity index (χ2v) is 4.29. The third kappa shape index (κ3) is 3.67. The van der Waals surface area contributed by atoms with Crippen LogP contribution in [0.2, 0.25) is 0 Å². The molecule has 4 N–H and O–H groups in total. The van der Waals surface area contributed by atoms with Crippen LogP contribution < -0.4 is 11.1 Å². The van der Waals surface area contributed by atoms with Crippen LogP contribution in [0.4, 0.5) is 10.1 Å². The molecule has 5 nitrogen and oxygen atoms in total. The van der Waals surface area contributed by atoms with E-state index in [4.69, 9.17) is 10.9 Å². The molecule has 1 amide bonds. The lowest BCUT2D eigenvalue weighted by atomic mass is 10.0. The Morgan fingerprint density at radius 2 is 2.26 bits per heavy atom. The smallest absolute Gasteiger partial charge is 0.235 e. The molecule has 6 heteroatoms. The van der Waals surface area contributed by atoms with Gasteiger partial charge in [0, 0.05) is 0 Å². The van der Waals surface area contributed by atoms with Crippen LogP contribution in [-0.2, 0) is 4.79 Å². The summed E-state index contributed by atoms with van der Waals surface area (Å²) >= 11 is 0. The number of amides is 1. The molecule has 19 heavy (non-hydrogen) atoms. The van der Waals surface area contributed by atoms with Crippen molar-refractivity contribution in [3.05, 3.63) is 29.6 Å². The maximum atomic E-state index is 13.6. The minimum Gasteiger partial charge on any atom is -0.409 e. The molecule has 0 aliphatic rings. The van der Waals surface area contributed by atoms with Gasteiger partial charge in [-0.25, -0.2) is 4.39 Å². The first-order chi connectivity index (χ1) is 9.01. The highest BCUT2D eigenvalue weighted by molar-refractivity contribution is 6.07.